The topological polar surface area (TPSA) is 49.2 Å². The van der Waals surface area contributed by atoms with Crippen LogP contribution in [0.5, 0.6) is 0 Å². The first-order valence-electron chi connectivity index (χ1n) is 5.49. The molecule has 1 N–H and O–H groups in total. The Morgan fingerprint density at radius 3 is 3.13 bits per heavy atom. The zero-order chi connectivity index (χ0) is 10.7. The quantitative estimate of drug-likeness (QED) is 0.848. The Morgan fingerprint density at radius 1 is 1.60 bits per heavy atom. The lowest BCUT2D eigenvalue weighted by Gasteiger charge is -2.23. The van der Waals surface area contributed by atoms with Crippen molar-refractivity contribution in [1.29, 1.82) is 0 Å². The van der Waals surface area contributed by atoms with Crippen molar-refractivity contribution in [2.24, 2.45) is 0 Å². The van der Waals surface area contributed by atoms with Gasteiger partial charge in [-0.15, -0.1) is 0 Å². The monoisotopic (exact) mass is 227 g/mol. The van der Waals surface area contributed by atoms with Gasteiger partial charge in [0.15, 0.2) is 0 Å². The van der Waals surface area contributed by atoms with Gasteiger partial charge in [0.05, 0.1) is 0 Å². The Kier molecular flexibility index (Phi) is 3.53. The average molecular weight is 227 g/mol. The van der Waals surface area contributed by atoms with Gasteiger partial charge in [0, 0.05) is 30.7 Å². The van der Waals surface area contributed by atoms with E-state index in [1.54, 1.807) is 0 Å². The fraction of sp³-hybridized carbons (Fsp3) is 0.800. The number of aliphatic hydroxyl groups excluding tert-OH is 1. The van der Waals surface area contributed by atoms with Gasteiger partial charge in [0.1, 0.15) is 5.82 Å². The maximum absolute atomic E-state index is 8.84. The van der Waals surface area contributed by atoms with Crippen molar-refractivity contribution in [3.63, 3.8) is 0 Å². The second-order valence-electron chi connectivity index (χ2n) is 3.98. The zero-order valence-electron chi connectivity index (χ0n) is 9.02. The van der Waals surface area contributed by atoms with Crippen LogP contribution in [0.4, 0.5) is 5.13 Å². The van der Waals surface area contributed by atoms with E-state index in [2.05, 4.69) is 14.3 Å². The number of hydrogen-bond donors (Lipinski definition) is 1. The van der Waals surface area contributed by atoms with E-state index in [0.717, 1.165) is 30.3 Å². The van der Waals surface area contributed by atoms with Gasteiger partial charge in [-0.25, -0.2) is 4.98 Å². The fourth-order valence-corrected chi connectivity index (χ4v) is 2.89. The first-order chi connectivity index (χ1) is 7.31. The molecule has 0 radical (unpaired) electrons. The summed E-state index contributed by atoms with van der Waals surface area (Å²) in [5, 5.41) is 9.89. The Bertz CT molecular complexity index is 315. The van der Waals surface area contributed by atoms with E-state index in [4.69, 9.17) is 5.11 Å². The molecule has 15 heavy (non-hydrogen) atoms. The third-order valence-corrected chi connectivity index (χ3v) is 3.68. The van der Waals surface area contributed by atoms with Crippen LogP contribution in [0, 0.1) is 6.92 Å². The summed E-state index contributed by atoms with van der Waals surface area (Å²) in [5.41, 5.74) is 0. The van der Waals surface area contributed by atoms with E-state index in [-0.39, 0.29) is 0 Å². The Balaban J connectivity index is 2.01. The molecule has 1 aromatic heterocycles. The van der Waals surface area contributed by atoms with Crippen molar-refractivity contribution in [3.05, 3.63) is 5.82 Å². The lowest BCUT2D eigenvalue weighted by Crippen LogP contribution is -2.29. The number of aryl methyl sites for hydroxylation is 1. The minimum Gasteiger partial charge on any atom is -0.396 e. The molecular weight excluding hydrogens is 210 g/mol. The summed E-state index contributed by atoms with van der Waals surface area (Å²) in [6.07, 6.45) is 4.40. The van der Waals surface area contributed by atoms with E-state index in [9.17, 15) is 0 Å². The maximum Gasteiger partial charge on any atom is 0.205 e. The van der Waals surface area contributed by atoms with Gasteiger partial charge in [-0.3, -0.25) is 0 Å². The van der Waals surface area contributed by atoms with Crippen molar-refractivity contribution in [2.75, 3.05) is 18.1 Å². The standard InChI is InChI=1S/C10H17N3OS/c1-8-11-10(15-12-8)13-6-2-4-9(13)5-3-7-14/h9,14H,2-7H2,1H3. The van der Waals surface area contributed by atoms with Crippen LogP contribution in [-0.2, 0) is 0 Å². The van der Waals surface area contributed by atoms with Crippen LogP contribution in [0.1, 0.15) is 31.5 Å². The lowest BCUT2D eigenvalue weighted by molar-refractivity contribution is 0.279. The van der Waals surface area contributed by atoms with Gasteiger partial charge in [-0.05, 0) is 32.6 Å². The molecule has 5 heteroatoms. The van der Waals surface area contributed by atoms with Crippen molar-refractivity contribution in [3.8, 4) is 0 Å². The third kappa shape index (κ3) is 2.46. The number of anilines is 1. The first-order valence-corrected chi connectivity index (χ1v) is 6.26. The SMILES string of the molecule is Cc1nsc(N2CCCC2CCCO)n1. The molecule has 4 nitrogen and oxygen atoms in total. The third-order valence-electron chi connectivity index (χ3n) is 2.84. The predicted molar refractivity (Wildman–Crippen MR) is 61.3 cm³/mol. The van der Waals surface area contributed by atoms with E-state index in [1.165, 1.54) is 24.4 Å². The van der Waals surface area contributed by atoms with Crippen LogP contribution in [0.15, 0.2) is 0 Å². The van der Waals surface area contributed by atoms with Crippen LogP contribution in [0.25, 0.3) is 0 Å². The Morgan fingerprint density at radius 2 is 2.47 bits per heavy atom. The van der Waals surface area contributed by atoms with Crippen LogP contribution in [-0.4, -0.2) is 33.7 Å². The number of aliphatic hydroxyl groups is 1. The molecule has 0 aromatic carbocycles. The molecule has 1 fully saturated rings. The van der Waals surface area contributed by atoms with Crippen molar-refractivity contribution in [2.45, 2.75) is 38.6 Å². The van der Waals surface area contributed by atoms with E-state index in [1.807, 2.05) is 6.92 Å². The molecule has 2 heterocycles. The van der Waals surface area contributed by atoms with Crippen molar-refractivity contribution < 1.29 is 5.11 Å². The number of hydrogen-bond acceptors (Lipinski definition) is 5. The van der Waals surface area contributed by atoms with Gasteiger partial charge < -0.3 is 10.0 Å². The minimum atomic E-state index is 0.291. The van der Waals surface area contributed by atoms with Crippen LogP contribution >= 0.6 is 11.5 Å². The van der Waals surface area contributed by atoms with Crippen molar-refractivity contribution >= 4 is 16.7 Å². The van der Waals surface area contributed by atoms with E-state index in [0.29, 0.717) is 12.6 Å². The van der Waals surface area contributed by atoms with E-state index >= 15 is 0 Å². The largest absolute Gasteiger partial charge is 0.396 e. The highest BCUT2D eigenvalue weighted by molar-refractivity contribution is 7.09. The molecule has 1 aliphatic heterocycles. The summed E-state index contributed by atoms with van der Waals surface area (Å²) in [6.45, 7) is 3.31. The Hall–Kier alpha value is -0.680. The molecule has 0 amide bonds. The molecule has 84 valence electrons. The average Bonchev–Trinajstić information content (AvgIpc) is 2.82. The summed E-state index contributed by atoms with van der Waals surface area (Å²) >= 11 is 1.49. The van der Waals surface area contributed by atoms with Crippen LogP contribution in [0.2, 0.25) is 0 Å². The summed E-state index contributed by atoms with van der Waals surface area (Å²) < 4.78 is 4.22. The Labute approximate surface area is 94.1 Å². The molecule has 0 spiro atoms. The highest BCUT2D eigenvalue weighted by atomic mass is 32.1. The number of aromatic nitrogens is 2. The van der Waals surface area contributed by atoms with Crippen LogP contribution in [0.3, 0.4) is 0 Å². The van der Waals surface area contributed by atoms with Crippen LogP contribution < -0.4 is 4.90 Å². The maximum atomic E-state index is 8.84. The zero-order valence-corrected chi connectivity index (χ0v) is 9.83. The lowest BCUT2D eigenvalue weighted by atomic mass is 10.1. The molecule has 0 aliphatic carbocycles. The first kappa shape index (κ1) is 10.8. The number of rotatable bonds is 4. The highest BCUT2D eigenvalue weighted by Gasteiger charge is 2.26. The van der Waals surface area contributed by atoms with Gasteiger partial charge in [0.2, 0.25) is 5.13 Å². The molecule has 1 unspecified atom stereocenters. The van der Waals surface area contributed by atoms with Gasteiger partial charge in [-0.1, -0.05) is 0 Å². The second kappa shape index (κ2) is 4.90. The molecule has 1 aromatic rings. The predicted octanol–water partition coefficient (Wildman–Crippen LogP) is 1.59. The van der Waals surface area contributed by atoms with E-state index < -0.39 is 0 Å². The molecular formula is C10H17N3OS. The smallest absolute Gasteiger partial charge is 0.205 e. The highest BCUT2D eigenvalue weighted by Crippen LogP contribution is 2.28. The van der Waals surface area contributed by atoms with Gasteiger partial charge in [-0.2, -0.15) is 4.37 Å². The molecule has 1 aliphatic rings. The molecule has 2 rings (SSSR count). The second-order valence-corrected chi connectivity index (χ2v) is 4.71. The fourth-order valence-electron chi connectivity index (χ4n) is 2.12. The normalized spacial score (nSPS) is 21.2. The van der Waals surface area contributed by atoms with Gasteiger partial charge >= 0.3 is 0 Å². The summed E-state index contributed by atoms with van der Waals surface area (Å²) in [7, 11) is 0. The minimum absolute atomic E-state index is 0.291. The molecule has 1 atom stereocenters. The summed E-state index contributed by atoms with van der Waals surface area (Å²) in [6, 6.07) is 0.560. The summed E-state index contributed by atoms with van der Waals surface area (Å²) in [4.78, 5) is 6.77. The molecule has 1 saturated heterocycles. The molecule has 0 saturated carbocycles. The molecule has 0 bridgehead atoms. The van der Waals surface area contributed by atoms with Gasteiger partial charge in [0.25, 0.3) is 0 Å². The number of nitrogens with zero attached hydrogens (tertiary/aromatic N) is 3. The van der Waals surface area contributed by atoms with Crippen molar-refractivity contribution in [1.82, 2.24) is 9.36 Å². The summed E-state index contributed by atoms with van der Waals surface area (Å²) in [5.74, 6) is 0.864.